The maximum Gasteiger partial charge on any atom is 0.356 e. The second kappa shape index (κ2) is 8.13. The van der Waals surface area contributed by atoms with Gasteiger partial charge in [0.05, 0.1) is 12.9 Å². The van der Waals surface area contributed by atoms with Gasteiger partial charge in [0, 0.05) is 24.2 Å². The maximum atomic E-state index is 11.7. The summed E-state index contributed by atoms with van der Waals surface area (Å²) in [6.07, 6.45) is 5.13. The first-order valence-corrected chi connectivity index (χ1v) is 9.62. The van der Waals surface area contributed by atoms with Crippen LogP contribution in [0.3, 0.4) is 0 Å². The predicted octanol–water partition coefficient (Wildman–Crippen LogP) is 3.93. The number of carbonyl (C=O) groups excluding carboxylic acids is 1. The molecule has 4 aromatic rings. The first-order valence-electron chi connectivity index (χ1n) is 8.63. The number of pyridine rings is 1. The molecule has 0 aliphatic rings. The molecule has 0 bridgehead atoms. The number of hydrogen-bond acceptors (Lipinski definition) is 8. The fourth-order valence-electron chi connectivity index (χ4n) is 2.52. The van der Waals surface area contributed by atoms with E-state index in [0.717, 1.165) is 11.1 Å². The van der Waals surface area contributed by atoms with E-state index in [4.69, 9.17) is 9.15 Å². The number of thioether (sulfide) groups is 1. The lowest BCUT2D eigenvalue weighted by atomic mass is 10.3. The molecule has 1 N–H and O–H groups in total. The van der Waals surface area contributed by atoms with E-state index >= 15 is 0 Å². The molecule has 4 rings (SSSR count). The van der Waals surface area contributed by atoms with Crippen LogP contribution in [0.5, 0.6) is 0 Å². The predicted molar refractivity (Wildman–Crippen MR) is 105 cm³/mol. The van der Waals surface area contributed by atoms with Crippen molar-refractivity contribution in [2.75, 3.05) is 11.9 Å². The van der Waals surface area contributed by atoms with Crippen LogP contribution in [0.25, 0.3) is 5.52 Å². The molecule has 0 saturated heterocycles. The zero-order chi connectivity index (χ0) is 19.3. The number of anilines is 2. The molecule has 142 valence electrons. The Labute approximate surface area is 164 Å². The number of hydrogen-bond donors (Lipinski definition) is 1. The number of rotatable bonds is 7. The highest BCUT2D eigenvalue weighted by atomic mass is 32.2. The van der Waals surface area contributed by atoms with E-state index in [1.165, 1.54) is 11.8 Å². The van der Waals surface area contributed by atoms with Crippen LogP contribution >= 0.6 is 11.8 Å². The summed E-state index contributed by atoms with van der Waals surface area (Å²) in [5, 5.41) is 8.29. The van der Waals surface area contributed by atoms with Gasteiger partial charge in [-0.1, -0.05) is 17.8 Å². The summed E-state index contributed by atoms with van der Waals surface area (Å²) in [6.45, 7) is 2.09. The monoisotopic (exact) mass is 395 g/mol. The smallest absolute Gasteiger partial charge is 0.356 e. The van der Waals surface area contributed by atoms with Crippen molar-refractivity contribution >= 4 is 34.9 Å². The Kier molecular flexibility index (Phi) is 5.24. The van der Waals surface area contributed by atoms with Crippen molar-refractivity contribution in [2.45, 2.75) is 17.8 Å². The van der Waals surface area contributed by atoms with Gasteiger partial charge in [-0.25, -0.2) is 19.3 Å². The van der Waals surface area contributed by atoms with Crippen LogP contribution in [-0.2, 0) is 10.5 Å². The van der Waals surface area contributed by atoms with E-state index in [-0.39, 0.29) is 0 Å². The van der Waals surface area contributed by atoms with Gasteiger partial charge in [0.1, 0.15) is 11.2 Å². The number of aromatic nitrogens is 4. The van der Waals surface area contributed by atoms with Crippen molar-refractivity contribution in [2.24, 2.45) is 0 Å². The topological polar surface area (TPSA) is 94.5 Å². The third-order valence-electron chi connectivity index (χ3n) is 3.81. The largest absolute Gasteiger partial charge is 0.461 e. The minimum Gasteiger partial charge on any atom is -0.461 e. The summed E-state index contributed by atoms with van der Waals surface area (Å²) in [4.78, 5) is 20.4. The van der Waals surface area contributed by atoms with Crippen LogP contribution in [0.15, 0.2) is 64.6 Å². The minimum absolute atomic E-state index is 0.297. The van der Waals surface area contributed by atoms with Gasteiger partial charge in [-0.3, -0.25) is 0 Å². The van der Waals surface area contributed by atoms with Crippen LogP contribution in [-0.4, -0.2) is 32.2 Å². The number of nitrogens with zero attached hydrogens (tertiary/aromatic N) is 4. The highest BCUT2D eigenvalue weighted by Crippen LogP contribution is 2.25. The second-order valence-corrected chi connectivity index (χ2v) is 6.69. The fraction of sp³-hybridized carbons (Fsp3) is 0.158. The van der Waals surface area contributed by atoms with Crippen molar-refractivity contribution in [3.63, 3.8) is 0 Å². The Bertz CT molecular complexity index is 1080. The number of esters is 1. The first-order chi connectivity index (χ1) is 13.7. The van der Waals surface area contributed by atoms with E-state index in [9.17, 15) is 4.79 Å². The Hall–Kier alpha value is -3.33. The van der Waals surface area contributed by atoms with Gasteiger partial charge >= 0.3 is 5.97 Å². The van der Waals surface area contributed by atoms with Gasteiger partial charge in [-0.15, -0.1) is 5.10 Å². The Morgan fingerprint density at radius 2 is 2.21 bits per heavy atom. The van der Waals surface area contributed by atoms with E-state index in [2.05, 4.69) is 20.4 Å². The fourth-order valence-corrected chi connectivity index (χ4v) is 3.29. The molecule has 0 unspecified atom stereocenters. The molecule has 4 heterocycles. The van der Waals surface area contributed by atoms with E-state index in [1.807, 2.05) is 36.5 Å². The summed E-state index contributed by atoms with van der Waals surface area (Å²) in [6, 6.07) is 11.0. The molecule has 9 heteroatoms. The molecule has 0 radical (unpaired) electrons. The maximum absolute atomic E-state index is 11.7. The lowest BCUT2D eigenvalue weighted by Crippen LogP contribution is -2.07. The lowest BCUT2D eigenvalue weighted by Gasteiger charge is -2.08. The molecule has 0 aliphatic heterocycles. The molecular formula is C19H17N5O3S. The van der Waals surface area contributed by atoms with Crippen LogP contribution in [0.4, 0.5) is 11.7 Å². The van der Waals surface area contributed by atoms with Gasteiger partial charge in [0.2, 0.25) is 5.16 Å². The standard InChI is InChI=1S/C19H17N5O3S/c1-2-26-18(25)14-8-7-13(11-20-14)12-28-19-22-17(21-16-6-4-10-27-16)15-5-3-9-24(15)23-19/h3-11H,2,12H2,1H3,(H,21,22,23). The normalized spacial score (nSPS) is 10.9. The van der Waals surface area contributed by atoms with Gasteiger partial charge in [0.25, 0.3) is 0 Å². The molecule has 0 atom stereocenters. The number of nitrogens with one attached hydrogen (secondary N) is 1. The van der Waals surface area contributed by atoms with E-state index in [1.54, 1.807) is 30.0 Å². The van der Waals surface area contributed by atoms with Gasteiger partial charge in [-0.2, -0.15) is 0 Å². The Balaban J connectivity index is 1.49. The van der Waals surface area contributed by atoms with Gasteiger partial charge in [0.15, 0.2) is 11.7 Å². The highest BCUT2D eigenvalue weighted by Gasteiger charge is 2.11. The average Bonchev–Trinajstić information content (AvgIpc) is 3.39. The first kappa shape index (κ1) is 18.1. The number of furan rings is 1. The molecule has 0 amide bonds. The zero-order valence-electron chi connectivity index (χ0n) is 15.0. The number of carbonyl (C=O) groups is 1. The molecule has 0 spiro atoms. The van der Waals surface area contributed by atoms with Crippen molar-refractivity contribution in [3.05, 3.63) is 66.3 Å². The average molecular weight is 395 g/mol. The minimum atomic E-state index is -0.420. The quantitative estimate of drug-likeness (QED) is 0.372. The zero-order valence-corrected chi connectivity index (χ0v) is 15.8. The number of ether oxygens (including phenoxy) is 1. The highest BCUT2D eigenvalue weighted by molar-refractivity contribution is 7.98. The summed E-state index contributed by atoms with van der Waals surface area (Å²) in [7, 11) is 0. The summed E-state index contributed by atoms with van der Waals surface area (Å²) in [5.41, 5.74) is 2.10. The van der Waals surface area contributed by atoms with Gasteiger partial charge in [-0.05, 0) is 36.8 Å². The summed E-state index contributed by atoms with van der Waals surface area (Å²) < 4.78 is 12.1. The molecule has 0 aliphatic carbocycles. The van der Waals surface area contributed by atoms with Crippen molar-refractivity contribution in [1.29, 1.82) is 0 Å². The third kappa shape index (κ3) is 3.99. The van der Waals surface area contributed by atoms with Crippen LogP contribution < -0.4 is 5.32 Å². The van der Waals surface area contributed by atoms with E-state index in [0.29, 0.717) is 34.9 Å². The number of fused-ring (bicyclic) bond motifs is 1. The molecule has 0 aromatic carbocycles. The molecular weight excluding hydrogens is 378 g/mol. The summed E-state index contributed by atoms with van der Waals surface area (Å²) >= 11 is 1.47. The van der Waals surface area contributed by atoms with Crippen LogP contribution in [0.1, 0.15) is 23.0 Å². The third-order valence-corrected chi connectivity index (χ3v) is 4.72. The molecule has 0 saturated carbocycles. The van der Waals surface area contributed by atoms with Crippen molar-refractivity contribution < 1.29 is 13.9 Å². The van der Waals surface area contributed by atoms with Gasteiger partial charge < -0.3 is 14.5 Å². The van der Waals surface area contributed by atoms with Crippen molar-refractivity contribution in [3.8, 4) is 0 Å². The van der Waals surface area contributed by atoms with Crippen LogP contribution in [0, 0.1) is 0 Å². The van der Waals surface area contributed by atoms with Crippen molar-refractivity contribution in [1.82, 2.24) is 19.6 Å². The SMILES string of the molecule is CCOC(=O)c1ccc(CSc2nc(Nc3ccco3)c3cccn3n2)cn1. The molecule has 4 aromatic heterocycles. The molecule has 0 fully saturated rings. The Morgan fingerprint density at radius 1 is 1.29 bits per heavy atom. The van der Waals surface area contributed by atoms with E-state index < -0.39 is 5.97 Å². The summed E-state index contributed by atoms with van der Waals surface area (Å²) in [5.74, 6) is 1.46. The van der Waals surface area contributed by atoms with Crippen LogP contribution in [0.2, 0.25) is 0 Å². The molecule has 8 nitrogen and oxygen atoms in total. The molecule has 28 heavy (non-hydrogen) atoms. The second-order valence-electron chi connectivity index (χ2n) is 5.74. The Morgan fingerprint density at radius 3 is 2.96 bits per heavy atom. The lowest BCUT2D eigenvalue weighted by molar-refractivity contribution is 0.0519.